The van der Waals surface area contributed by atoms with Gasteiger partial charge in [0.25, 0.3) is 0 Å². The van der Waals surface area contributed by atoms with Gasteiger partial charge in [0.2, 0.25) is 0 Å². The molecule has 1 aromatic heterocycles. The minimum absolute atomic E-state index is 0.0200. The third kappa shape index (κ3) is 5.52. The lowest BCUT2D eigenvalue weighted by atomic mass is 10.1. The number of benzene rings is 2. The lowest BCUT2D eigenvalue weighted by molar-refractivity contribution is -0.151. The van der Waals surface area contributed by atoms with Crippen LogP contribution in [0.15, 0.2) is 53.7 Å². The number of carbonyl (C=O) groups is 2. The molecule has 138 valence electrons. The number of esters is 2. The van der Waals surface area contributed by atoms with Gasteiger partial charge in [-0.25, -0.2) is 14.8 Å². The van der Waals surface area contributed by atoms with Crippen LogP contribution in [0.25, 0.3) is 10.8 Å². The molecule has 3 rings (SSSR count). The van der Waals surface area contributed by atoms with E-state index < -0.39 is 18.5 Å². The summed E-state index contributed by atoms with van der Waals surface area (Å²) in [4.78, 5) is 32.2. The van der Waals surface area contributed by atoms with E-state index in [0.717, 1.165) is 22.2 Å². The van der Waals surface area contributed by atoms with Crippen LogP contribution >= 0.6 is 11.8 Å². The molecule has 7 heteroatoms. The molecule has 0 saturated carbocycles. The van der Waals surface area contributed by atoms with E-state index in [1.165, 1.54) is 11.8 Å². The zero-order valence-corrected chi connectivity index (χ0v) is 15.8. The largest absolute Gasteiger partial charge is 0.453 e. The Morgan fingerprint density at radius 3 is 2.37 bits per heavy atom. The fraction of sp³-hybridized carbons (Fsp3) is 0.200. The number of hydrogen-bond acceptors (Lipinski definition) is 7. The average Bonchev–Trinajstić information content (AvgIpc) is 2.64. The van der Waals surface area contributed by atoms with Crippen molar-refractivity contribution in [1.82, 2.24) is 9.97 Å². The van der Waals surface area contributed by atoms with E-state index in [0.29, 0.717) is 10.9 Å². The number of thioether (sulfide) groups is 1. The Hall–Kier alpha value is -2.93. The summed E-state index contributed by atoms with van der Waals surface area (Å²) in [5.74, 6) is -0.733. The standard InChI is InChI=1S/C20H18N2O4S/c1-13-9-14(2)22-20(21-13)27-12-19(24)25-11-18(23)26-17-8-7-15-5-3-4-6-16(15)10-17/h3-10H,11-12H2,1-2H3. The first-order valence-electron chi connectivity index (χ1n) is 8.30. The first kappa shape index (κ1) is 18.8. The highest BCUT2D eigenvalue weighted by molar-refractivity contribution is 7.99. The van der Waals surface area contributed by atoms with Crippen LogP contribution in [-0.2, 0) is 14.3 Å². The van der Waals surface area contributed by atoms with Crippen molar-refractivity contribution in [2.24, 2.45) is 0 Å². The molecule has 1 heterocycles. The van der Waals surface area contributed by atoms with Crippen molar-refractivity contribution in [2.45, 2.75) is 19.0 Å². The number of carbonyl (C=O) groups excluding carboxylic acids is 2. The van der Waals surface area contributed by atoms with Crippen LogP contribution in [0.4, 0.5) is 0 Å². The lowest BCUT2D eigenvalue weighted by Gasteiger charge is -2.07. The number of aromatic nitrogens is 2. The predicted molar refractivity (Wildman–Crippen MR) is 103 cm³/mol. The Labute approximate surface area is 160 Å². The molecule has 2 aromatic carbocycles. The Bertz CT molecular complexity index is 970. The van der Waals surface area contributed by atoms with Crippen LogP contribution < -0.4 is 4.74 Å². The molecular weight excluding hydrogens is 364 g/mol. The summed E-state index contributed by atoms with van der Waals surface area (Å²) in [5, 5.41) is 2.52. The van der Waals surface area contributed by atoms with Gasteiger partial charge in [-0.3, -0.25) is 4.79 Å². The third-order valence-corrected chi connectivity index (χ3v) is 4.41. The fourth-order valence-electron chi connectivity index (χ4n) is 2.45. The first-order chi connectivity index (χ1) is 13.0. The van der Waals surface area contributed by atoms with Crippen LogP contribution in [0, 0.1) is 13.8 Å². The summed E-state index contributed by atoms with van der Waals surface area (Å²) >= 11 is 1.17. The summed E-state index contributed by atoms with van der Waals surface area (Å²) in [6, 6.07) is 14.9. The molecule has 0 aliphatic heterocycles. The highest BCUT2D eigenvalue weighted by Crippen LogP contribution is 2.20. The van der Waals surface area contributed by atoms with Gasteiger partial charge in [0.15, 0.2) is 11.8 Å². The van der Waals surface area contributed by atoms with Crippen molar-refractivity contribution in [3.63, 3.8) is 0 Å². The molecule has 6 nitrogen and oxygen atoms in total. The normalized spacial score (nSPS) is 10.6. The summed E-state index contributed by atoms with van der Waals surface area (Å²) < 4.78 is 10.2. The molecule has 0 unspecified atom stereocenters. The van der Waals surface area contributed by atoms with Gasteiger partial charge in [0, 0.05) is 11.4 Å². The van der Waals surface area contributed by atoms with Gasteiger partial charge >= 0.3 is 11.9 Å². The summed E-state index contributed by atoms with van der Waals surface area (Å²) in [5.41, 5.74) is 1.66. The topological polar surface area (TPSA) is 78.4 Å². The van der Waals surface area contributed by atoms with Gasteiger partial charge in [-0.15, -0.1) is 0 Å². The molecular formula is C20H18N2O4S. The van der Waals surface area contributed by atoms with Crippen LogP contribution in [0.1, 0.15) is 11.4 Å². The number of hydrogen-bond donors (Lipinski definition) is 0. The predicted octanol–water partition coefficient (Wildman–Crippen LogP) is 3.49. The smallest absolute Gasteiger partial charge is 0.349 e. The summed E-state index contributed by atoms with van der Waals surface area (Å²) in [6.07, 6.45) is 0. The van der Waals surface area contributed by atoms with Crippen LogP contribution in [0.5, 0.6) is 5.75 Å². The van der Waals surface area contributed by atoms with Crippen molar-refractivity contribution in [1.29, 1.82) is 0 Å². The quantitative estimate of drug-likeness (QED) is 0.279. The highest BCUT2D eigenvalue weighted by atomic mass is 32.2. The molecule has 0 amide bonds. The number of nitrogens with zero attached hydrogens (tertiary/aromatic N) is 2. The van der Waals surface area contributed by atoms with E-state index in [4.69, 9.17) is 9.47 Å². The molecule has 0 aliphatic carbocycles. The lowest BCUT2D eigenvalue weighted by Crippen LogP contribution is -2.19. The summed E-state index contributed by atoms with van der Waals surface area (Å²) in [6.45, 7) is 3.28. The first-order valence-corrected chi connectivity index (χ1v) is 9.28. The molecule has 0 spiro atoms. The maximum atomic E-state index is 11.9. The molecule has 0 radical (unpaired) electrons. The number of fused-ring (bicyclic) bond motifs is 1. The van der Waals surface area contributed by atoms with E-state index in [2.05, 4.69) is 9.97 Å². The molecule has 0 saturated heterocycles. The van der Waals surface area contributed by atoms with Gasteiger partial charge in [-0.05, 0) is 42.8 Å². The fourth-order valence-corrected chi connectivity index (χ4v) is 3.20. The Morgan fingerprint density at radius 1 is 0.926 bits per heavy atom. The molecule has 0 N–H and O–H groups in total. The van der Waals surface area contributed by atoms with Crippen LogP contribution in [0.2, 0.25) is 0 Å². The minimum Gasteiger partial charge on any atom is -0.453 e. The molecule has 3 aromatic rings. The maximum Gasteiger partial charge on any atom is 0.349 e. The van der Waals surface area contributed by atoms with Gasteiger partial charge in [0.1, 0.15) is 5.75 Å². The second kappa shape index (κ2) is 8.64. The van der Waals surface area contributed by atoms with E-state index in [1.807, 2.05) is 50.2 Å². The van der Waals surface area contributed by atoms with Crippen LogP contribution in [-0.4, -0.2) is 34.3 Å². The number of aryl methyl sites for hydroxylation is 2. The molecule has 27 heavy (non-hydrogen) atoms. The van der Waals surface area contributed by atoms with Crippen molar-refractivity contribution in [2.75, 3.05) is 12.4 Å². The molecule has 0 fully saturated rings. The highest BCUT2D eigenvalue weighted by Gasteiger charge is 2.12. The van der Waals surface area contributed by atoms with Crippen molar-refractivity contribution in [3.05, 3.63) is 59.9 Å². The monoisotopic (exact) mass is 382 g/mol. The van der Waals surface area contributed by atoms with Gasteiger partial charge in [-0.2, -0.15) is 0 Å². The second-order valence-corrected chi connectivity index (χ2v) is 6.81. The van der Waals surface area contributed by atoms with Crippen molar-refractivity contribution >= 4 is 34.5 Å². The van der Waals surface area contributed by atoms with Gasteiger partial charge in [0.05, 0.1) is 5.75 Å². The van der Waals surface area contributed by atoms with E-state index in [-0.39, 0.29) is 5.75 Å². The zero-order valence-electron chi connectivity index (χ0n) is 15.0. The van der Waals surface area contributed by atoms with Gasteiger partial charge < -0.3 is 9.47 Å². The zero-order chi connectivity index (χ0) is 19.2. The maximum absolute atomic E-state index is 11.9. The Balaban J connectivity index is 1.47. The average molecular weight is 382 g/mol. The number of rotatable bonds is 6. The van der Waals surface area contributed by atoms with Gasteiger partial charge in [-0.1, -0.05) is 42.1 Å². The van der Waals surface area contributed by atoms with Crippen molar-refractivity contribution in [3.8, 4) is 5.75 Å². The Morgan fingerprint density at radius 2 is 1.63 bits per heavy atom. The SMILES string of the molecule is Cc1cc(C)nc(SCC(=O)OCC(=O)Oc2ccc3ccccc3c2)n1. The molecule has 0 aliphatic rings. The van der Waals surface area contributed by atoms with E-state index in [1.54, 1.807) is 12.1 Å². The molecule has 0 bridgehead atoms. The van der Waals surface area contributed by atoms with Crippen molar-refractivity contribution < 1.29 is 19.1 Å². The Kier molecular flexibility index (Phi) is 6.03. The number of ether oxygens (including phenoxy) is 2. The third-order valence-electron chi connectivity index (χ3n) is 3.58. The second-order valence-electron chi connectivity index (χ2n) is 5.87. The van der Waals surface area contributed by atoms with E-state index in [9.17, 15) is 9.59 Å². The van der Waals surface area contributed by atoms with Crippen LogP contribution in [0.3, 0.4) is 0 Å². The summed E-state index contributed by atoms with van der Waals surface area (Å²) in [7, 11) is 0. The molecule has 0 atom stereocenters. The minimum atomic E-state index is -0.633. The van der Waals surface area contributed by atoms with E-state index >= 15 is 0 Å².